The molecule has 0 aromatic heterocycles. The van der Waals surface area contributed by atoms with E-state index in [2.05, 4.69) is 10.0 Å². The molecule has 33 heavy (non-hydrogen) atoms. The number of nitrogens with one attached hydrogen (secondary N) is 2. The molecule has 1 atom stereocenters. The summed E-state index contributed by atoms with van der Waals surface area (Å²) >= 11 is 0. The maximum absolute atomic E-state index is 12.5. The molecule has 174 valence electrons. The van der Waals surface area contributed by atoms with Crippen molar-refractivity contribution < 1.29 is 22.7 Å². The molecule has 0 fully saturated rings. The molecule has 0 bridgehead atoms. The monoisotopic (exact) mass is 468 g/mol. The summed E-state index contributed by atoms with van der Waals surface area (Å²) in [4.78, 5) is 12.4. The number of amides is 1. The van der Waals surface area contributed by atoms with Crippen LogP contribution in [0.1, 0.15) is 24.1 Å². The lowest BCUT2D eigenvalue weighted by Gasteiger charge is -2.15. The van der Waals surface area contributed by atoms with Crippen LogP contribution in [0.25, 0.3) is 0 Å². The van der Waals surface area contributed by atoms with Crippen LogP contribution in [0.5, 0.6) is 11.5 Å². The summed E-state index contributed by atoms with van der Waals surface area (Å²) in [5.74, 6) is 0.876. The van der Waals surface area contributed by atoms with Crippen LogP contribution in [0.4, 0.5) is 0 Å². The van der Waals surface area contributed by atoms with Crippen LogP contribution < -0.4 is 19.5 Å². The smallest absolute Gasteiger partial charge is 0.258 e. The van der Waals surface area contributed by atoms with Crippen LogP contribution in [0.3, 0.4) is 0 Å². The molecule has 0 aliphatic rings. The van der Waals surface area contributed by atoms with Crippen molar-refractivity contribution in [2.75, 3.05) is 20.3 Å². The minimum absolute atomic E-state index is 0.139. The van der Waals surface area contributed by atoms with Gasteiger partial charge in [-0.05, 0) is 60.9 Å². The molecule has 0 unspecified atom stereocenters. The minimum atomic E-state index is -3.62. The van der Waals surface area contributed by atoms with Crippen LogP contribution in [0, 0.1) is 0 Å². The summed E-state index contributed by atoms with van der Waals surface area (Å²) in [6.45, 7) is 2.00. The second kappa shape index (κ2) is 11.5. The molecule has 0 aliphatic carbocycles. The van der Waals surface area contributed by atoms with Crippen molar-refractivity contribution in [3.05, 3.63) is 90.0 Å². The van der Waals surface area contributed by atoms with Gasteiger partial charge in [0, 0.05) is 6.54 Å². The van der Waals surface area contributed by atoms with Crippen molar-refractivity contribution in [2.24, 2.45) is 0 Å². The third-order valence-electron chi connectivity index (χ3n) is 5.05. The van der Waals surface area contributed by atoms with Gasteiger partial charge in [0.15, 0.2) is 6.61 Å². The lowest BCUT2D eigenvalue weighted by atomic mass is 10.1. The average Bonchev–Trinajstić information content (AvgIpc) is 2.83. The maximum atomic E-state index is 12.5. The maximum Gasteiger partial charge on any atom is 0.258 e. The lowest BCUT2D eigenvalue weighted by molar-refractivity contribution is -0.123. The van der Waals surface area contributed by atoms with Gasteiger partial charge < -0.3 is 14.8 Å². The predicted molar refractivity (Wildman–Crippen MR) is 127 cm³/mol. The zero-order chi connectivity index (χ0) is 23.7. The fraction of sp³-hybridized carbons (Fsp3) is 0.240. The second-order valence-electron chi connectivity index (χ2n) is 7.46. The van der Waals surface area contributed by atoms with Gasteiger partial charge in [0.05, 0.1) is 18.0 Å². The summed E-state index contributed by atoms with van der Waals surface area (Å²) in [6, 6.07) is 22.9. The van der Waals surface area contributed by atoms with E-state index in [1.165, 1.54) is 24.3 Å². The zero-order valence-corrected chi connectivity index (χ0v) is 19.5. The quantitative estimate of drug-likeness (QED) is 0.449. The van der Waals surface area contributed by atoms with Crippen LogP contribution in [-0.2, 0) is 21.2 Å². The third-order valence-corrected chi connectivity index (χ3v) is 6.52. The van der Waals surface area contributed by atoms with E-state index in [4.69, 9.17) is 9.47 Å². The molecule has 0 aliphatic heterocycles. The molecule has 0 heterocycles. The first kappa shape index (κ1) is 24.3. The molecule has 0 radical (unpaired) electrons. The Kier molecular flexibility index (Phi) is 8.46. The highest BCUT2D eigenvalue weighted by atomic mass is 32.2. The standard InChI is InChI=1S/C25H28N2O5S/c1-19(21-8-10-22(31-2)11-9-21)27-25(28)18-32-23-12-14-24(15-13-23)33(29,30)26-17-16-20-6-4-3-5-7-20/h3-15,19,26H,16-18H2,1-2H3,(H,27,28)/t19-/m0/s1. The Morgan fingerprint density at radius 3 is 2.18 bits per heavy atom. The molecule has 0 saturated heterocycles. The van der Waals surface area contributed by atoms with Gasteiger partial charge in [-0.3, -0.25) is 4.79 Å². The van der Waals surface area contributed by atoms with E-state index < -0.39 is 10.0 Å². The molecule has 3 aromatic rings. The Morgan fingerprint density at radius 2 is 1.55 bits per heavy atom. The van der Waals surface area contributed by atoms with Crippen molar-refractivity contribution >= 4 is 15.9 Å². The van der Waals surface area contributed by atoms with Crippen molar-refractivity contribution in [3.63, 3.8) is 0 Å². The Morgan fingerprint density at radius 1 is 0.909 bits per heavy atom. The van der Waals surface area contributed by atoms with E-state index in [-0.39, 0.29) is 23.5 Å². The number of hydrogen-bond acceptors (Lipinski definition) is 5. The SMILES string of the molecule is COc1ccc([C@H](C)NC(=O)COc2ccc(S(=O)(=O)NCCc3ccccc3)cc2)cc1. The fourth-order valence-electron chi connectivity index (χ4n) is 3.18. The Hall–Kier alpha value is -3.36. The normalized spacial score (nSPS) is 12.1. The second-order valence-corrected chi connectivity index (χ2v) is 9.22. The van der Waals surface area contributed by atoms with Crippen LogP contribution >= 0.6 is 0 Å². The first-order valence-electron chi connectivity index (χ1n) is 10.6. The summed E-state index contributed by atoms with van der Waals surface area (Å²) < 4.78 is 38.2. The van der Waals surface area contributed by atoms with Gasteiger partial charge in [0.1, 0.15) is 11.5 Å². The van der Waals surface area contributed by atoms with Crippen LogP contribution in [0.15, 0.2) is 83.8 Å². The average molecular weight is 469 g/mol. The van der Waals surface area contributed by atoms with E-state index >= 15 is 0 Å². The van der Waals surface area contributed by atoms with Crippen molar-refractivity contribution in [1.29, 1.82) is 0 Å². The number of carbonyl (C=O) groups is 1. The van der Waals surface area contributed by atoms with E-state index in [0.717, 1.165) is 16.9 Å². The number of benzene rings is 3. The summed E-state index contributed by atoms with van der Waals surface area (Å²) in [5.41, 5.74) is 2.00. The molecule has 0 spiro atoms. The number of sulfonamides is 1. The summed E-state index contributed by atoms with van der Waals surface area (Å²) in [5, 5.41) is 2.87. The highest BCUT2D eigenvalue weighted by Gasteiger charge is 2.14. The summed E-state index contributed by atoms with van der Waals surface area (Å²) in [6.07, 6.45) is 0.603. The molecule has 3 rings (SSSR count). The van der Waals surface area contributed by atoms with E-state index in [9.17, 15) is 13.2 Å². The predicted octanol–water partition coefficient (Wildman–Crippen LogP) is 3.47. The number of rotatable bonds is 11. The summed E-state index contributed by atoms with van der Waals surface area (Å²) in [7, 11) is -2.02. The Labute approximate surface area is 194 Å². The van der Waals surface area contributed by atoms with Gasteiger partial charge in [0.25, 0.3) is 5.91 Å². The highest BCUT2D eigenvalue weighted by Crippen LogP contribution is 2.18. The van der Waals surface area contributed by atoms with Crippen LogP contribution in [-0.4, -0.2) is 34.6 Å². The van der Waals surface area contributed by atoms with Gasteiger partial charge >= 0.3 is 0 Å². The fourth-order valence-corrected chi connectivity index (χ4v) is 4.21. The topological polar surface area (TPSA) is 93.7 Å². The largest absolute Gasteiger partial charge is 0.497 e. The van der Waals surface area contributed by atoms with Crippen molar-refractivity contribution in [2.45, 2.75) is 24.3 Å². The van der Waals surface area contributed by atoms with Gasteiger partial charge in [0.2, 0.25) is 10.0 Å². The first-order valence-corrected chi connectivity index (χ1v) is 12.1. The van der Waals surface area contributed by atoms with Gasteiger partial charge in [-0.25, -0.2) is 13.1 Å². The van der Waals surface area contributed by atoms with Gasteiger partial charge in [-0.15, -0.1) is 0 Å². The third kappa shape index (κ3) is 7.34. The number of hydrogen-bond donors (Lipinski definition) is 2. The van der Waals surface area contributed by atoms with E-state index in [0.29, 0.717) is 18.7 Å². The highest BCUT2D eigenvalue weighted by molar-refractivity contribution is 7.89. The number of ether oxygens (including phenoxy) is 2. The molecule has 0 saturated carbocycles. The zero-order valence-electron chi connectivity index (χ0n) is 18.7. The van der Waals surface area contributed by atoms with Crippen molar-refractivity contribution in [1.82, 2.24) is 10.0 Å². The molecule has 8 heteroatoms. The Balaban J connectivity index is 1.46. The molecular formula is C25H28N2O5S. The molecule has 3 aromatic carbocycles. The van der Waals surface area contributed by atoms with Gasteiger partial charge in [-0.1, -0.05) is 42.5 Å². The van der Waals surface area contributed by atoms with E-state index in [1.54, 1.807) is 7.11 Å². The van der Waals surface area contributed by atoms with Gasteiger partial charge in [-0.2, -0.15) is 0 Å². The molecular weight excluding hydrogens is 440 g/mol. The molecule has 7 nitrogen and oxygen atoms in total. The number of methoxy groups -OCH3 is 1. The van der Waals surface area contributed by atoms with E-state index in [1.807, 2.05) is 61.5 Å². The number of carbonyl (C=O) groups excluding carboxylic acids is 1. The minimum Gasteiger partial charge on any atom is -0.497 e. The Bertz CT molecular complexity index is 1130. The van der Waals surface area contributed by atoms with Crippen molar-refractivity contribution in [3.8, 4) is 11.5 Å². The lowest BCUT2D eigenvalue weighted by Crippen LogP contribution is -2.31. The first-order chi connectivity index (χ1) is 15.9. The van der Waals surface area contributed by atoms with Crippen LogP contribution in [0.2, 0.25) is 0 Å². The molecule has 2 N–H and O–H groups in total. The molecule has 1 amide bonds.